The normalized spacial score (nSPS) is 14.8. The van der Waals surface area contributed by atoms with Crippen LogP contribution in [0.4, 0.5) is 0 Å². The lowest BCUT2D eigenvalue weighted by Crippen LogP contribution is -2.18. The summed E-state index contributed by atoms with van der Waals surface area (Å²) in [5.41, 5.74) is 6.86. The lowest BCUT2D eigenvalue weighted by atomic mass is 9.75. The molecule has 1 nitrogen and oxygen atoms in total. The summed E-state index contributed by atoms with van der Waals surface area (Å²) in [5, 5.41) is 1.21. The van der Waals surface area contributed by atoms with E-state index in [9.17, 15) is 0 Å². The summed E-state index contributed by atoms with van der Waals surface area (Å²) in [7, 11) is 0. The first-order valence-electron chi connectivity index (χ1n) is 11.0. The van der Waals surface area contributed by atoms with Gasteiger partial charge < -0.3 is 0 Å². The van der Waals surface area contributed by atoms with E-state index in [4.69, 9.17) is 4.98 Å². The van der Waals surface area contributed by atoms with Crippen LogP contribution in [-0.4, -0.2) is 4.98 Å². The summed E-state index contributed by atoms with van der Waals surface area (Å²) in [5.74, 6) is 0.819. The molecule has 0 radical (unpaired) electrons. The molecule has 0 aliphatic carbocycles. The zero-order valence-corrected chi connectivity index (χ0v) is 19.5. The molecule has 0 bridgehead atoms. The first kappa shape index (κ1) is 21.6. The van der Waals surface area contributed by atoms with E-state index >= 15 is 0 Å². The fourth-order valence-electron chi connectivity index (χ4n) is 4.12. The number of aromatic nitrogens is 1. The third-order valence-corrected chi connectivity index (χ3v) is 6.26. The Bertz CT molecular complexity index is 953. The van der Waals surface area contributed by atoms with E-state index in [1.165, 1.54) is 27.8 Å². The van der Waals surface area contributed by atoms with Gasteiger partial charge in [0.1, 0.15) is 0 Å². The fraction of sp³-hybridized carbons (Fsp3) is 0.464. The van der Waals surface area contributed by atoms with Crippen molar-refractivity contribution in [2.45, 2.75) is 84.5 Å². The molecule has 0 saturated heterocycles. The highest BCUT2D eigenvalue weighted by atomic mass is 14.7. The molecule has 1 heterocycles. The molecule has 0 unspecified atom stereocenters. The average molecular weight is 388 g/mol. The lowest BCUT2D eigenvalue weighted by molar-refractivity contribution is 0.534. The molecule has 2 atom stereocenters. The fourth-order valence-corrected chi connectivity index (χ4v) is 4.12. The molecule has 3 aromatic rings. The van der Waals surface area contributed by atoms with Gasteiger partial charge in [0.2, 0.25) is 0 Å². The van der Waals surface area contributed by atoms with Crippen LogP contribution in [0.25, 0.3) is 10.9 Å². The summed E-state index contributed by atoms with van der Waals surface area (Å²) in [6.45, 7) is 18.5. The van der Waals surface area contributed by atoms with E-state index in [0.29, 0.717) is 11.8 Å². The Labute approximate surface area is 177 Å². The molecule has 0 fully saturated rings. The summed E-state index contributed by atoms with van der Waals surface area (Å²) < 4.78 is 0. The number of hydrogen-bond acceptors (Lipinski definition) is 1. The van der Waals surface area contributed by atoms with Crippen LogP contribution in [0.15, 0.2) is 54.6 Å². The van der Waals surface area contributed by atoms with Crippen molar-refractivity contribution >= 4 is 10.9 Å². The number of benzene rings is 2. The van der Waals surface area contributed by atoms with Crippen LogP contribution in [0.1, 0.15) is 96.0 Å². The van der Waals surface area contributed by atoms with Crippen LogP contribution in [0.2, 0.25) is 0 Å². The van der Waals surface area contributed by atoms with Crippen molar-refractivity contribution in [2.75, 3.05) is 0 Å². The third kappa shape index (κ3) is 4.71. The SMILES string of the molecule is CC[C@H](c1ccc2ccccc2n1)[C@H](C)c1cc(C(C)(C)C)cc(C(C)(C)C)c1. The van der Waals surface area contributed by atoms with Crippen LogP contribution in [-0.2, 0) is 10.8 Å². The Morgan fingerprint density at radius 2 is 1.38 bits per heavy atom. The molecule has 1 heteroatoms. The Hall–Kier alpha value is -2.15. The zero-order valence-electron chi connectivity index (χ0n) is 19.5. The second-order valence-corrected chi connectivity index (χ2v) is 10.6. The largest absolute Gasteiger partial charge is 0.253 e. The number of para-hydroxylation sites is 1. The van der Waals surface area contributed by atoms with Gasteiger partial charge >= 0.3 is 0 Å². The number of fused-ring (bicyclic) bond motifs is 1. The minimum Gasteiger partial charge on any atom is -0.253 e. The Kier molecular flexibility index (Phi) is 5.90. The molecule has 29 heavy (non-hydrogen) atoms. The molecular weight excluding hydrogens is 350 g/mol. The van der Waals surface area contributed by atoms with Crippen LogP contribution in [0.5, 0.6) is 0 Å². The average Bonchev–Trinajstić information content (AvgIpc) is 2.66. The minimum absolute atomic E-state index is 0.138. The highest BCUT2D eigenvalue weighted by Gasteiger charge is 2.26. The Morgan fingerprint density at radius 1 is 0.793 bits per heavy atom. The zero-order chi connectivity index (χ0) is 21.4. The summed E-state index contributed by atoms with van der Waals surface area (Å²) in [6.07, 6.45) is 1.08. The van der Waals surface area contributed by atoms with Crippen molar-refractivity contribution in [2.24, 2.45) is 0 Å². The first-order valence-corrected chi connectivity index (χ1v) is 11.0. The van der Waals surface area contributed by atoms with Crippen molar-refractivity contribution < 1.29 is 0 Å². The molecule has 154 valence electrons. The van der Waals surface area contributed by atoms with Gasteiger partial charge in [0.25, 0.3) is 0 Å². The monoisotopic (exact) mass is 387 g/mol. The van der Waals surface area contributed by atoms with Gasteiger partial charge in [-0.1, -0.05) is 97.9 Å². The number of rotatable bonds is 4. The predicted octanol–water partition coefficient (Wildman–Crippen LogP) is 8.13. The van der Waals surface area contributed by atoms with Gasteiger partial charge in [-0.3, -0.25) is 4.98 Å². The van der Waals surface area contributed by atoms with Gasteiger partial charge in [0, 0.05) is 17.0 Å². The van der Waals surface area contributed by atoms with Gasteiger partial charge in [0.15, 0.2) is 0 Å². The standard InChI is InChI=1S/C28H37N/c1-9-24(26-15-14-20-12-10-11-13-25(20)29-26)19(2)21-16-22(27(3,4)5)18-23(17-21)28(6,7)8/h10-19,24H,9H2,1-8H3/t19-,24+/m1/s1. The minimum atomic E-state index is 0.138. The van der Waals surface area contributed by atoms with E-state index < -0.39 is 0 Å². The molecule has 0 spiro atoms. The summed E-state index contributed by atoms with van der Waals surface area (Å²) >= 11 is 0. The molecule has 0 N–H and O–H groups in total. The van der Waals surface area contributed by atoms with E-state index in [2.05, 4.69) is 110 Å². The van der Waals surface area contributed by atoms with Gasteiger partial charge in [-0.05, 0) is 52.0 Å². The van der Waals surface area contributed by atoms with Crippen molar-refractivity contribution in [3.05, 3.63) is 77.0 Å². The maximum atomic E-state index is 5.04. The van der Waals surface area contributed by atoms with Gasteiger partial charge in [-0.15, -0.1) is 0 Å². The molecule has 0 amide bonds. The molecule has 2 aromatic carbocycles. The maximum Gasteiger partial charge on any atom is 0.0705 e. The number of nitrogens with zero attached hydrogens (tertiary/aromatic N) is 1. The summed E-state index contributed by atoms with van der Waals surface area (Å²) in [4.78, 5) is 5.04. The van der Waals surface area contributed by atoms with Crippen molar-refractivity contribution in [3.8, 4) is 0 Å². The van der Waals surface area contributed by atoms with Crippen molar-refractivity contribution in [1.29, 1.82) is 0 Å². The van der Waals surface area contributed by atoms with Crippen LogP contribution < -0.4 is 0 Å². The lowest BCUT2D eigenvalue weighted by Gasteiger charge is -2.29. The molecule has 0 aliphatic rings. The Balaban J connectivity index is 2.07. The van der Waals surface area contributed by atoms with Crippen LogP contribution in [0.3, 0.4) is 0 Å². The first-order chi connectivity index (χ1) is 13.5. The molecule has 1 aromatic heterocycles. The maximum absolute atomic E-state index is 5.04. The number of hydrogen-bond donors (Lipinski definition) is 0. The molecular formula is C28H37N. The van der Waals surface area contributed by atoms with E-state index in [-0.39, 0.29) is 10.8 Å². The van der Waals surface area contributed by atoms with Gasteiger partial charge in [-0.2, -0.15) is 0 Å². The van der Waals surface area contributed by atoms with Crippen LogP contribution in [0, 0.1) is 0 Å². The van der Waals surface area contributed by atoms with Crippen LogP contribution >= 0.6 is 0 Å². The molecule has 0 saturated carbocycles. The van der Waals surface area contributed by atoms with E-state index in [1.54, 1.807) is 0 Å². The highest BCUT2D eigenvalue weighted by molar-refractivity contribution is 5.78. The van der Waals surface area contributed by atoms with Gasteiger partial charge in [0.05, 0.1) is 5.52 Å². The molecule has 0 aliphatic heterocycles. The quantitative estimate of drug-likeness (QED) is 0.440. The van der Waals surface area contributed by atoms with Gasteiger partial charge in [-0.25, -0.2) is 0 Å². The second kappa shape index (κ2) is 7.94. The van der Waals surface area contributed by atoms with E-state index in [0.717, 1.165) is 11.9 Å². The van der Waals surface area contributed by atoms with E-state index in [1.807, 2.05) is 0 Å². The Morgan fingerprint density at radius 3 is 1.93 bits per heavy atom. The topological polar surface area (TPSA) is 12.9 Å². The number of pyridine rings is 1. The predicted molar refractivity (Wildman–Crippen MR) is 127 cm³/mol. The highest BCUT2D eigenvalue weighted by Crippen LogP contribution is 2.39. The smallest absolute Gasteiger partial charge is 0.0705 e. The second-order valence-electron chi connectivity index (χ2n) is 10.6. The molecule has 3 rings (SSSR count). The van der Waals surface area contributed by atoms with Crippen molar-refractivity contribution in [3.63, 3.8) is 0 Å². The summed E-state index contributed by atoms with van der Waals surface area (Å²) in [6, 6.07) is 20.1. The third-order valence-electron chi connectivity index (χ3n) is 6.26. The van der Waals surface area contributed by atoms with Crippen molar-refractivity contribution in [1.82, 2.24) is 4.98 Å².